The monoisotopic (exact) mass is 276 g/mol. The zero-order chi connectivity index (χ0) is 14.5. The average molecular weight is 276 g/mol. The van der Waals surface area contributed by atoms with Crippen molar-refractivity contribution in [2.24, 2.45) is 5.10 Å². The van der Waals surface area contributed by atoms with Gasteiger partial charge in [0.25, 0.3) is 11.2 Å². The Balaban J connectivity index is 2.08. The number of hydrogen-bond acceptors (Lipinski definition) is 7. The van der Waals surface area contributed by atoms with Gasteiger partial charge >= 0.3 is 5.69 Å². The van der Waals surface area contributed by atoms with E-state index in [9.17, 15) is 19.7 Å². The summed E-state index contributed by atoms with van der Waals surface area (Å²) in [5.41, 5.74) is 1.45. The van der Waals surface area contributed by atoms with Crippen molar-refractivity contribution in [2.75, 3.05) is 5.43 Å². The average Bonchev–Trinajstić information content (AvgIpc) is 2.42. The third kappa shape index (κ3) is 3.13. The normalized spacial score (nSPS) is 10.6. The fourth-order valence-corrected chi connectivity index (χ4v) is 1.27. The molecule has 2 aromatic rings. The topological polar surface area (TPSA) is 146 Å². The lowest BCUT2D eigenvalue weighted by atomic mass is 10.2. The van der Waals surface area contributed by atoms with Gasteiger partial charge in [0.1, 0.15) is 0 Å². The molecule has 0 atom stereocenters. The molecule has 102 valence electrons. The van der Waals surface area contributed by atoms with E-state index in [1.165, 1.54) is 30.5 Å². The van der Waals surface area contributed by atoms with Gasteiger partial charge in [-0.2, -0.15) is 5.10 Å². The smallest absolute Gasteiger partial charge is 0.270 e. The van der Waals surface area contributed by atoms with Crippen molar-refractivity contribution in [1.82, 2.24) is 15.2 Å². The van der Waals surface area contributed by atoms with Crippen LogP contribution in [-0.4, -0.2) is 26.3 Å². The predicted octanol–water partition coefficient (Wildman–Crippen LogP) is -0.188. The lowest BCUT2D eigenvalue weighted by molar-refractivity contribution is -0.384. The quantitative estimate of drug-likeness (QED) is 0.400. The van der Waals surface area contributed by atoms with E-state index in [1.807, 2.05) is 10.1 Å². The van der Waals surface area contributed by atoms with E-state index in [1.54, 1.807) is 0 Å². The largest absolute Gasteiger partial charge is 0.342 e. The molecule has 0 spiro atoms. The number of rotatable bonds is 4. The number of nitrogens with one attached hydrogen (secondary N) is 3. The summed E-state index contributed by atoms with van der Waals surface area (Å²) in [6, 6.07) is 5.64. The van der Waals surface area contributed by atoms with Crippen molar-refractivity contribution in [3.8, 4) is 0 Å². The van der Waals surface area contributed by atoms with Crippen LogP contribution in [0.3, 0.4) is 0 Å². The number of H-pyrrole nitrogens is 2. The molecule has 0 bridgehead atoms. The van der Waals surface area contributed by atoms with Crippen LogP contribution in [0.1, 0.15) is 5.56 Å². The molecule has 10 heteroatoms. The first kappa shape index (κ1) is 13.1. The Morgan fingerprint density at radius 2 is 2.00 bits per heavy atom. The van der Waals surface area contributed by atoms with Gasteiger partial charge < -0.3 is 0 Å². The van der Waals surface area contributed by atoms with Crippen LogP contribution in [0.5, 0.6) is 0 Å². The molecule has 1 heterocycles. The number of non-ortho nitro benzene ring substituents is 1. The number of hydrazone groups is 1. The molecule has 3 N–H and O–H groups in total. The number of hydrogen-bond donors (Lipinski definition) is 3. The Morgan fingerprint density at radius 3 is 2.60 bits per heavy atom. The van der Waals surface area contributed by atoms with Gasteiger partial charge in [0.2, 0.25) is 5.82 Å². The van der Waals surface area contributed by atoms with Gasteiger partial charge in [-0.1, -0.05) is 0 Å². The van der Waals surface area contributed by atoms with E-state index in [0.717, 1.165) is 0 Å². The summed E-state index contributed by atoms with van der Waals surface area (Å²) in [5.74, 6) is -0.178. The van der Waals surface area contributed by atoms with Crippen LogP contribution in [0, 0.1) is 10.1 Å². The maximum atomic E-state index is 11.3. The number of nitrogens with zero attached hydrogens (tertiary/aromatic N) is 3. The highest BCUT2D eigenvalue weighted by atomic mass is 16.6. The van der Waals surface area contributed by atoms with Crippen molar-refractivity contribution in [3.05, 3.63) is 60.8 Å². The fourth-order valence-electron chi connectivity index (χ4n) is 1.27. The molecule has 10 nitrogen and oxygen atoms in total. The molecule has 0 unspecified atom stereocenters. The molecule has 2 rings (SSSR count). The molecule has 1 aromatic carbocycles. The van der Waals surface area contributed by atoms with Crippen LogP contribution in [0.15, 0.2) is 39.0 Å². The Hall–Kier alpha value is -3.30. The van der Waals surface area contributed by atoms with E-state index in [-0.39, 0.29) is 11.5 Å². The Kier molecular flexibility index (Phi) is 3.65. The fraction of sp³-hybridized carbons (Fsp3) is 0. The molecule has 1 aromatic heterocycles. The highest BCUT2D eigenvalue weighted by Gasteiger charge is 2.03. The first-order valence-electron chi connectivity index (χ1n) is 5.29. The number of aromatic amines is 2. The van der Waals surface area contributed by atoms with Gasteiger partial charge in [0.15, 0.2) is 0 Å². The number of nitro groups is 1. The summed E-state index contributed by atoms with van der Waals surface area (Å²) in [7, 11) is 0. The van der Waals surface area contributed by atoms with E-state index in [0.29, 0.717) is 5.56 Å². The lowest BCUT2D eigenvalue weighted by Gasteiger charge is -1.96. The highest BCUT2D eigenvalue weighted by Crippen LogP contribution is 2.10. The summed E-state index contributed by atoms with van der Waals surface area (Å²) in [6.45, 7) is 0. The second-order valence-electron chi connectivity index (χ2n) is 3.57. The second kappa shape index (κ2) is 5.56. The standard InChI is InChI=1S/C10H8N6O4/c17-9-8(14-15-10(18)12-9)13-11-5-6-1-3-7(4-2-6)16(19)20/h1-5H,(H,13,14)(H2,12,15,17,18)/b11-5+. The number of benzene rings is 1. The predicted molar refractivity (Wildman–Crippen MR) is 69.8 cm³/mol. The Morgan fingerprint density at radius 1 is 1.30 bits per heavy atom. The molecule has 20 heavy (non-hydrogen) atoms. The summed E-state index contributed by atoms with van der Waals surface area (Å²) < 4.78 is 0. The van der Waals surface area contributed by atoms with E-state index in [2.05, 4.69) is 15.6 Å². The molecule has 0 aliphatic rings. The summed E-state index contributed by atoms with van der Waals surface area (Å²) in [4.78, 5) is 33.9. The maximum absolute atomic E-state index is 11.3. The molecule has 0 radical (unpaired) electrons. The summed E-state index contributed by atoms with van der Waals surface area (Å²) in [6.07, 6.45) is 1.34. The second-order valence-corrected chi connectivity index (χ2v) is 3.57. The van der Waals surface area contributed by atoms with Crippen LogP contribution in [0.4, 0.5) is 11.5 Å². The highest BCUT2D eigenvalue weighted by molar-refractivity contribution is 5.80. The van der Waals surface area contributed by atoms with Crippen LogP contribution in [0.25, 0.3) is 0 Å². The first-order valence-corrected chi connectivity index (χ1v) is 5.29. The van der Waals surface area contributed by atoms with Crippen LogP contribution in [-0.2, 0) is 0 Å². The zero-order valence-electron chi connectivity index (χ0n) is 9.86. The van der Waals surface area contributed by atoms with Gasteiger partial charge in [-0.25, -0.2) is 9.89 Å². The van der Waals surface area contributed by atoms with Crippen molar-refractivity contribution >= 4 is 17.7 Å². The molecule has 0 saturated carbocycles. The van der Waals surface area contributed by atoms with Gasteiger partial charge in [-0.3, -0.25) is 25.3 Å². The zero-order valence-corrected chi connectivity index (χ0v) is 9.86. The third-order valence-electron chi connectivity index (χ3n) is 2.20. The van der Waals surface area contributed by atoms with Crippen molar-refractivity contribution in [3.63, 3.8) is 0 Å². The minimum Gasteiger partial charge on any atom is -0.270 e. The lowest BCUT2D eigenvalue weighted by Crippen LogP contribution is -2.25. The number of nitro benzene ring substituents is 1. The van der Waals surface area contributed by atoms with Crippen molar-refractivity contribution in [2.45, 2.75) is 0 Å². The molecule has 0 aliphatic heterocycles. The van der Waals surface area contributed by atoms with E-state index >= 15 is 0 Å². The molecular formula is C10H8N6O4. The van der Waals surface area contributed by atoms with Gasteiger partial charge in [0.05, 0.1) is 11.1 Å². The van der Waals surface area contributed by atoms with Crippen molar-refractivity contribution in [1.29, 1.82) is 0 Å². The van der Waals surface area contributed by atoms with Gasteiger partial charge in [0, 0.05) is 12.1 Å². The van der Waals surface area contributed by atoms with Crippen LogP contribution >= 0.6 is 0 Å². The molecule has 0 aliphatic carbocycles. The summed E-state index contributed by atoms with van der Waals surface area (Å²) in [5, 5.41) is 19.7. The van der Waals surface area contributed by atoms with Crippen molar-refractivity contribution < 1.29 is 4.92 Å². The molecule has 0 amide bonds. The Bertz CT molecular complexity index is 760. The van der Waals surface area contributed by atoms with Gasteiger partial charge in [-0.15, -0.1) is 5.10 Å². The number of aromatic nitrogens is 3. The molecule has 0 saturated heterocycles. The SMILES string of the molecule is O=c1[nH]nc(N/N=C/c2ccc([N+](=O)[O-])cc2)c(=O)[nH]1. The third-order valence-corrected chi connectivity index (χ3v) is 2.20. The Labute approximate surface area is 110 Å². The van der Waals surface area contributed by atoms with Crippen LogP contribution < -0.4 is 16.7 Å². The minimum atomic E-state index is -0.722. The molecular weight excluding hydrogens is 268 g/mol. The minimum absolute atomic E-state index is 0.0335. The van der Waals surface area contributed by atoms with Crippen LogP contribution in [0.2, 0.25) is 0 Å². The van der Waals surface area contributed by atoms with E-state index in [4.69, 9.17) is 0 Å². The maximum Gasteiger partial charge on any atom is 0.342 e. The van der Waals surface area contributed by atoms with Gasteiger partial charge in [-0.05, 0) is 17.7 Å². The summed E-state index contributed by atoms with van der Waals surface area (Å²) >= 11 is 0. The first-order chi connectivity index (χ1) is 9.56. The number of anilines is 1. The van der Waals surface area contributed by atoms with E-state index < -0.39 is 16.2 Å². The molecule has 0 fully saturated rings.